The average molecular weight is 249 g/mol. The molecule has 0 amide bonds. The van der Waals surface area contributed by atoms with Gasteiger partial charge in [0.1, 0.15) is 5.69 Å². The third-order valence-corrected chi connectivity index (χ3v) is 2.12. The lowest BCUT2D eigenvalue weighted by Gasteiger charge is -2.01. The van der Waals surface area contributed by atoms with Crippen LogP contribution in [-0.2, 0) is 0 Å². The van der Waals surface area contributed by atoms with Crippen molar-refractivity contribution >= 4 is 35.2 Å². The number of azo groups is 1. The van der Waals surface area contributed by atoms with Crippen molar-refractivity contribution in [2.24, 2.45) is 10.2 Å². The molecule has 17 heavy (non-hydrogen) atoms. The molecule has 88 valence electrons. The Morgan fingerprint density at radius 1 is 0.706 bits per heavy atom. The number of nitrogens with two attached hydrogens (primary N) is 2. The monoisotopic (exact) mass is 248 g/mol. The van der Waals surface area contributed by atoms with E-state index in [0.717, 1.165) is 5.69 Å². The fourth-order valence-electron chi connectivity index (χ4n) is 1.30. The molecule has 5 heteroatoms. The van der Waals surface area contributed by atoms with E-state index in [-0.39, 0.29) is 12.4 Å². The second-order valence-electron chi connectivity index (χ2n) is 3.32. The van der Waals surface area contributed by atoms with Gasteiger partial charge in [-0.05, 0) is 24.3 Å². The molecular formula is C12H13ClN4. The molecule has 0 unspecified atom stereocenters. The van der Waals surface area contributed by atoms with Crippen LogP contribution in [0.25, 0.3) is 0 Å². The van der Waals surface area contributed by atoms with E-state index in [1.54, 1.807) is 18.2 Å². The first-order valence-electron chi connectivity index (χ1n) is 4.88. The van der Waals surface area contributed by atoms with Crippen molar-refractivity contribution in [1.29, 1.82) is 0 Å². The fourth-order valence-corrected chi connectivity index (χ4v) is 1.30. The predicted molar refractivity (Wildman–Crippen MR) is 73.1 cm³/mol. The van der Waals surface area contributed by atoms with E-state index in [4.69, 9.17) is 11.5 Å². The van der Waals surface area contributed by atoms with Gasteiger partial charge in [-0.2, -0.15) is 5.11 Å². The van der Waals surface area contributed by atoms with Crippen LogP contribution in [0.1, 0.15) is 0 Å². The number of nitrogens with zero attached hydrogens (tertiary/aromatic N) is 2. The quantitative estimate of drug-likeness (QED) is 0.628. The Kier molecular flexibility index (Phi) is 4.48. The Labute approximate surface area is 106 Å². The van der Waals surface area contributed by atoms with Crippen LogP contribution in [-0.4, -0.2) is 0 Å². The Bertz CT molecular complexity index is 491. The highest BCUT2D eigenvalue weighted by Crippen LogP contribution is 2.30. The van der Waals surface area contributed by atoms with Crippen LogP contribution in [0.2, 0.25) is 0 Å². The number of halogens is 1. The molecule has 0 aliphatic heterocycles. The second-order valence-corrected chi connectivity index (χ2v) is 3.32. The van der Waals surface area contributed by atoms with Gasteiger partial charge >= 0.3 is 0 Å². The summed E-state index contributed by atoms with van der Waals surface area (Å²) in [5.41, 5.74) is 13.8. The Hall–Kier alpha value is -2.07. The van der Waals surface area contributed by atoms with E-state index in [1.807, 2.05) is 30.3 Å². The average Bonchev–Trinajstić information content (AvgIpc) is 2.30. The minimum atomic E-state index is 0. The molecule has 0 aliphatic carbocycles. The van der Waals surface area contributed by atoms with Crippen molar-refractivity contribution in [2.45, 2.75) is 0 Å². The van der Waals surface area contributed by atoms with Gasteiger partial charge in [-0.25, -0.2) is 0 Å². The maximum atomic E-state index is 5.75. The van der Waals surface area contributed by atoms with Crippen LogP contribution in [0.4, 0.5) is 22.7 Å². The van der Waals surface area contributed by atoms with E-state index >= 15 is 0 Å². The molecule has 4 N–H and O–H groups in total. The lowest BCUT2D eigenvalue weighted by molar-refractivity contribution is 1.23. The number of hydrogen-bond donors (Lipinski definition) is 2. The lowest BCUT2D eigenvalue weighted by Crippen LogP contribution is -1.90. The SMILES string of the molecule is Cl.Nc1cccc(N)c1N=Nc1ccccc1. The van der Waals surface area contributed by atoms with Crippen molar-refractivity contribution in [3.8, 4) is 0 Å². The normalized spacial score (nSPS) is 10.1. The van der Waals surface area contributed by atoms with Crippen LogP contribution < -0.4 is 11.5 Å². The molecule has 2 aromatic carbocycles. The molecule has 2 rings (SSSR count). The van der Waals surface area contributed by atoms with Gasteiger partial charge in [0.2, 0.25) is 0 Å². The smallest absolute Gasteiger partial charge is 0.131 e. The summed E-state index contributed by atoms with van der Waals surface area (Å²) in [5, 5.41) is 8.11. The highest BCUT2D eigenvalue weighted by molar-refractivity contribution is 5.85. The van der Waals surface area contributed by atoms with Crippen LogP contribution in [0, 0.1) is 0 Å². The zero-order valence-corrected chi connectivity index (χ0v) is 9.89. The molecule has 0 aliphatic rings. The van der Waals surface area contributed by atoms with Crippen LogP contribution >= 0.6 is 12.4 Å². The Morgan fingerprint density at radius 2 is 1.29 bits per heavy atom. The Balaban J connectivity index is 0.00000144. The van der Waals surface area contributed by atoms with E-state index < -0.39 is 0 Å². The van der Waals surface area contributed by atoms with Gasteiger partial charge in [0.15, 0.2) is 0 Å². The maximum Gasteiger partial charge on any atom is 0.131 e. The van der Waals surface area contributed by atoms with Crippen molar-refractivity contribution in [2.75, 3.05) is 11.5 Å². The molecule has 0 aromatic heterocycles. The van der Waals surface area contributed by atoms with E-state index in [9.17, 15) is 0 Å². The van der Waals surface area contributed by atoms with Gasteiger partial charge in [0, 0.05) is 0 Å². The lowest BCUT2D eigenvalue weighted by atomic mass is 10.2. The summed E-state index contributed by atoms with van der Waals surface area (Å²) in [4.78, 5) is 0. The van der Waals surface area contributed by atoms with Crippen molar-refractivity contribution in [3.63, 3.8) is 0 Å². The molecule has 0 radical (unpaired) electrons. The number of hydrogen-bond acceptors (Lipinski definition) is 4. The summed E-state index contributed by atoms with van der Waals surface area (Å²) in [6.45, 7) is 0. The van der Waals surface area contributed by atoms with Gasteiger partial charge in [-0.15, -0.1) is 17.5 Å². The first-order valence-corrected chi connectivity index (χ1v) is 4.88. The van der Waals surface area contributed by atoms with Gasteiger partial charge in [-0.3, -0.25) is 0 Å². The van der Waals surface area contributed by atoms with Crippen molar-refractivity contribution in [1.82, 2.24) is 0 Å². The largest absolute Gasteiger partial charge is 0.397 e. The number of rotatable bonds is 2. The standard InChI is InChI=1S/C12H12N4.ClH/c13-10-7-4-8-11(14)12(10)16-15-9-5-2-1-3-6-9;/h1-8H,13-14H2;1H. The van der Waals surface area contributed by atoms with Gasteiger partial charge < -0.3 is 11.5 Å². The van der Waals surface area contributed by atoms with Crippen LogP contribution in [0.3, 0.4) is 0 Å². The summed E-state index contributed by atoms with van der Waals surface area (Å²) in [6.07, 6.45) is 0. The summed E-state index contributed by atoms with van der Waals surface area (Å²) in [5.74, 6) is 0. The summed E-state index contributed by atoms with van der Waals surface area (Å²) in [6, 6.07) is 14.7. The topological polar surface area (TPSA) is 76.8 Å². The predicted octanol–water partition coefficient (Wildman–Crippen LogP) is 3.69. The highest BCUT2D eigenvalue weighted by Gasteiger charge is 2.01. The molecule has 4 nitrogen and oxygen atoms in total. The molecule has 2 aromatic rings. The summed E-state index contributed by atoms with van der Waals surface area (Å²) < 4.78 is 0. The van der Waals surface area contributed by atoms with E-state index in [1.165, 1.54) is 0 Å². The van der Waals surface area contributed by atoms with Gasteiger partial charge in [0.25, 0.3) is 0 Å². The minimum absolute atomic E-state index is 0. The zero-order chi connectivity index (χ0) is 11.4. The molecule has 0 heterocycles. The van der Waals surface area contributed by atoms with E-state index in [0.29, 0.717) is 17.1 Å². The molecule has 0 saturated heterocycles. The Morgan fingerprint density at radius 3 is 1.88 bits per heavy atom. The second kappa shape index (κ2) is 5.86. The zero-order valence-electron chi connectivity index (χ0n) is 9.08. The van der Waals surface area contributed by atoms with Crippen LogP contribution in [0.5, 0.6) is 0 Å². The first-order chi connectivity index (χ1) is 7.77. The third-order valence-electron chi connectivity index (χ3n) is 2.12. The fraction of sp³-hybridized carbons (Fsp3) is 0. The molecule has 0 saturated carbocycles. The summed E-state index contributed by atoms with van der Waals surface area (Å²) >= 11 is 0. The molecule has 0 fully saturated rings. The molecule has 0 atom stereocenters. The van der Waals surface area contributed by atoms with Gasteiger partial charge in [-0.1, -0.05) is 24.3 Å². The maximum absolute atomic E-state index is 5.75. The van der Waals surface area contributed by atoms with Crippen molar-refractivity contribution in [3.05, 3.63) is 48.5 Å². The third kappa shape index (κ3) is 3.19. The number of nitrogen functional groups attached to an aromatic ring is 2. The number of anilines is 2. The minimum Gasteiger partial charge on any atom is -0.397 e. The van der Waals surface area contributed by atoms with E-state index in [2.05, 4.69) is 10.2 Å². The molecular weight excluding hydrogens is 236 g/mol. The van der Waals surface area contributed by atoms with Crippen molar-refractivity contribution < 1.29 is 0 Å². The first kappa shape index (κ1) is 13.0. The van der Waals surface area contributed by atoms with Crippen LogP contribution in [0.15, 0.2) is 58.8 Å². The summed E-state index contributed by atoms with van der Waals surface area (Å²) in [7, 11) is 0. The number of benzene rings is 2. The molecule has 0 bridgehead atoms. The highest BCUT2D eigenvalue weighted by atomic mass is 35.5. The molecule has 0 spiro atoms. The van der Waals surface area contributed by atoms with Gasteiger partial charge in [0.05, 0.1) is 17.1 Å².